The molecule has 1 aromatic carbocycles. The highest BCUT2D eigenvalue weighted by Crippen LogP contribution is 2.23. The van der Waals surface area contributed by atoms with Crippen LogP contribution >= 0.6 is 0 Å². The van der Waals surface area contributed by atoms with Crippen molar-refractivity contribution in [3.63, 3.8) is 0 Å². The molecule has 0 aliphatic heterocycles. The third-order valence-corrected chi connectivity index (χ3v) is 2.60. The number of carbonyl (C=O) groups excluding carboxylic acids is 1. The van der Waals surface area contributed by atoms with Crippen LogP contribution in [-0.2, 0) is 11.3 Å². The van der Waals surface area contributed by atoms with E-state index in [1.807, 2.05) is 19.9 Å². The Morgan fingerprint density at radius 3 is 2.65 bits per heavy atom. The Morgan fingerprint density at radius 1 is 1.35 bits per heavy atom. The van der Waals surface area contributed by atoms with E-state index in [0.717, 1.165) is 22.4 Å². The highest BCUT2D eigenvalue weighted by atomic mass is 16.5. The first-order chi connectivity index (χ1) is 8.08. The number of likely N-dealkylation sites (N-methyl/N-ethyl adjacent to an activating group) is 1. The van der Waals surface area contributed by atoms with Crippen molar-refractivity contribution >= 4 is 5.91 Å². The summed E-state index contributed by atoms with van der Waals surface area (Å²) in [5, 5.41) is 5.67. The zero-order valence-corrected chi connectivity index (χ0v) is 10.9. The van der Waals surface area contributed by atoms with Gasteiger partial charge in [0.2, 0.25) is 5.91 Å². The van der Waals surface area contributed by atoms with Crippen molar-refractivity contribution < 1.29 is 9.53 Å². The van der Waals surface area contributed by atoms with Gasteiger partial charge in [0.1, 0.15) is 5.75 Å². The van der Waals surface area contributed by atoms with Gasteiger partial charge in [0, 0.05) is 12.1 Å². The van der Waals surface area contributed by atoms with Gasteiger partial charge >= 0.3 is 0 Å². The molecule has 4 nitrogen and oxygen atoms in total. The number of amides is 1. The molecule has 1 amide bonds. The van der Waals surface area contributed by atoms with E-state index in [-0.39, 0.29) is 5.91 Å². The van der Waals surface area contributed by atoms with Crippen molar-refractivity contribution in [1.29, 1.82) is 0 Å². The van der Waals surface area contributed by atoms with Gasteiger partial charge in [-0.3, -0.25) is 4.79 Å². The second-order valence-corrected chi connectivity index (χ2v) is 4.07. The van der Waals surface area contributed by atoms with E-state index in [2.05, 4.69) is 16.7 Å². The summed E-state index contributed by atoms with van der Waals surface area (Å²) in [6.07, 6.45) is 0. The monoisotopic (exact) mass is 236 g/mol. The zero-order chi connectivity index (χ0) is 12.8. The molecule has 2 N–H and O–H groups in total. The maximum Gasteiger partial charge on any atom is 0.234 e. The number of rotatable bonds is 5. The Balaban J connectivity index is 2.79. The Bertz CT molecular complexity index is 403. The van der Waals surface area contributed by atoms with E-state index >= 15 is 0 Å². The summed E-state index contributed by atoms with van der Waals surface area (Å²) in [4.78, 5) is 11.4. The molecule has 4 heteroatoms. The molecule has 0 radical (unpaired) electrons. The summed E-state index contributed by atoms with van der Waals surface area (Å²) < 4.78 is 5.33. The summed E-state index contributed by atoms with van der Waals surface area (Å²) in [6.45, 7) is 4.87. The Labute approximate surface area is 102 Å². The van der Waals surface area contributed by atoms with Crippen LogP contribution in [0.4, 0.5) is 0 Å². The number of ether oxygens (including phenoxy) is 1. The summed E-state index contributed by atoms with van der Waals surface area (Å²) >= 11 is 0. The maximum atomic E-state index is 11.4. The number of hydrogen-bond acceptors (Lipinski definition) is 3. The van der Waals surface area contributed by atoms with E-state index in [0.29, 0.717) is 13.1 Å². The molecule has 1 aromatic rings. The molecule has 0 aliphatic carbocycles. The molecular weight excluding hydrogens is 216 g/mol. The lowest BCUT2D eigenvalue weighted by molar-refractivity contribution is -0.120. The number of benzene rings is 1. The van der Waals surface area contributed by atoms with Crippen LogP contribution in [0.1, 0.15) is 16.7 Å². The molecule has 0 heterocycles. The molecule has 0 fully saturated rings. The minimum atomic E-state index is -0.0190. The lowest BCUT2D eigenvalue weighted by Crippen LogP contribution is -2.31. The number of methoxy groups -OCH3 is 1. The van der Waals surface area contributed by atoms with Crippen molar-refractivity contribution in [2.24, 2.45) is 0 Å². The number of nitrogens with one attached hydrogen (secondary N) is 2. The third kappa shape index (κ3) is 3.75. The standard InChI is InChI=1S/C13H20N2O2/c1-9-5-10(2)11(12(6-9)17-4)7-15-13(16)8-14-3/h5-6,14H,7-8H2,1-4H3,(H,15,16). The van der Waals surface area contributed by atoms with Gasteiger partial charge in [-0.05, 0) is 38.1 Å². The molecule has 94 valence electrons. The van der Waals surface area contributed by atoms with Gasteiger partial charge < -0.3 is 15.4 Å². The van der Waals surface area contributed by atoms with Crippen LogP contribution in [0, 0.1) is 13.8 Å². The number of aryl methyl sites for hydroxylation is 2. The van der Waals surface area contributed by atoms with Gasteiger partial charge in [-0.1, -0.05) is 6.07 Å². The highest BCUT2D eigenvalue weighted by molar-refractivity contribution is 5.78. The molecule has 0 unspecified atom stereocenters. The summed E-state index contributed by atoms with van der Waals surface area (Å²) in [6, 6.07) is 4.06. The third-order valence-electron chi connectivity index (χ3n) is 2.60. The SMILES string of the molecule is CNCC(=O)NCc1c(C)cc(C)cc1OC. The van der Waals surface area contributed by atoms with Gasteiger partial charge in [-0.2, -0.15) is 0 Å². The van der Waals surface area contributed by atoms with Gasteiger partial charge in [-0.25, -0.2) is 0 Å². The van der Waals surface area contributed by atoms with Crippen molar-refractivity contribution in [1.82, 2.24) is 10.6 Å². The fourth-order valence-corrected chi connectivity index (χ4v) is 1.78. The first kappa shape index (κ1) is 13.5. The molecule has 0 spiro atoms. The molecule has 0 saturated heterocycles. The number of hydrogen-bond donors (Lipinski definition) is 2. The van der Waals surface area contributed by atoms with E-state index in [1.165, 1.54) is 0 Å². The van der Waals surface area contributed by atoms with Gasteiger partial charge in [0.05, 0.1) is 13.7 Å². The lowest BCUT2D eigenvalue weighted by Gasteiger charge is -2.13. The largest absolute Gasteiger partial charge is 0.496 e. The van der Waals surface area contributed by atoms with Crippen LogP contribution in [-0.4, -0.2) is 26.6 Å². The molecule has 0 aromatic heterocycles. The van der Waals surface area contributed by atoms with Gasteiger partial charge in [0.15, 0.2) is 0 Å². The number of carbonyl (C=O) groups is 1. The normalized spacial score (nSPS) is 10.1. The minimum absolute atomic E-state index is 0.0190. The van der Waals surface area contributed by atoms with Crippen molar-refractivity contribution in [3.05, 3.63) is 28.8 Å². The topological polar surface area (TPSA) is 50.4 Å². The van der Waals surface area contributed by atoms with Gasteiger partial charge in [0.25, 0.3) is 0 Å². The predicted octanol–water partition coefficient (Wildman–Crippen LogP) is 1.15. The highest BCUT2D eigenvalue weighted by Gasteiger charge is 2.08. The quantitative estimate of drug-likeness (QED) is 0.806. The first-order valence-corrected chi connectivity index (χ1v) is 5.64. The minimum Gasteiger partial charge on any atom is -0.496 e. The van der Waals surface area contributed by atoms with Crippen molar-refractivity contribution in [2.75, 3.05) is 20.7 Å². The smallest absolute Gasteiger partial charge is 0.234 e. The van der Waals surface area contributed by atoms with Crippen molar-refractivity contribution in [3.8, 4) is 5.75 Å². The zero-order valence-electron chi connectivity index (χ0n) is 10.9. The summed E-state index contributed by atoms with van der Waals surface area (Å²) in [7, 11) is 3.39. The van der Waals surface area contributed by atoms with E-state index in [9.17, 15) is 4.79 Å². The van der Waals surface area contributed by atoms with Gasteiger partial charge in [-0.15, -0.1) is 0 Å². The average Bonchev–Trinajstić information content (AvgIpc) is 2.27. The Kier molecular flexibility index (Phi) is 4.97. The Morgan fingerprint density at radius 2 is 2.06 bits per heavy atom. The van der Waals surface area contributed by atoms with Crippen molar-refractivity contribution in [2.45, 2.75) is 20.4 Å². The average molecular weight is 236 g/mol. The molecule has 0 atom stereocenters. The molecule has 0 aliphatic rings. The maximum absolute atomic E-state index is 11.4. The molecule has 0 saturated carbocycles. The molecule has 0 bridgehead atoms. The second kappa shape index (κ2) is 6.25. The lowest BCUT2D eigenvalue weighted by atomic mass is 10.0. The van der Waals surface area contributed by atoms with Crippen LogP contribution in [0.15, 0.2) is 12.1 Å². The predicted molar refractivity (Wildman–Crippen MR) is 68.2 cm³/mol. The Hall–Kier alpha value is -1.55. The molecule has 17 heavy (non-hydrogen) atoms. The van der Waals surface area contributed by atoms with E-state index in [1.54, 1.807) is 14.2 Å². The van der Waals surface area contributed by atoms with E-state index < -0.39 is 0 Å². The van der Waals surface area contributed by atoms with Crippen LogP contribution in [0.3, 0.4) is 0 Å². The second-order valence-electron chi connectivity index (χ2n) is 4.07. The fraction of sp³-hybridized carbons (Fsp3) is 0.462. The van der Waals surface area contributed by atoms with Crippen LogP contribution in [0.5, 0.6) is 5.75 Å². The van der Waals surface area contributed by atoms with Crippen LogP contribution < -0.4 is 15.4 Å². The molecular formula is C13H20N2O2. The van der Waals surface area contributed by atoms with Crippen LogP contribution in [0.25, 0.3) is 0 Å². The summed E-state index contributed by atoms with van der Waals surface area (Å²) in [5.74, 6) is 0.807. The molecule has 1 rings (SSSR count). The van der Waals surface area contributed by atoms with E-state index in [4.69, 9.17) is 4.74 Å². The fourth-order valence-electron chi connectivity index (χ4n) is 1.78. The van der Waals surface area contributed by atoms with Crippen LogP contribution in [0.2, 0.25) is 0 Å². The first-order valence-electron chi connectivity index (χ1n) is 5.64. The summed E-state index contributed by atoms with van der Waals surface area (Å²) in [5.41, 5.74) is 3.32.